The molecule has 1 aliphatic carbocycles. The van der Waals surface area contributed by atoms with Gasteiger partial charge >= 0.3 is 0 Å². The van der Waals surface area contributed by atoms with Gasteiger partial charge < -0.3 is 0 Å². The second-order valence-corrected chi connectivity index (χ2v) is 6.12. The summed E-state index contributed by atoms with van der Waals surface area (Å²) in [5.41, 5.74) is 4.67. The van der Waals surface area contributed by atoms with Crippen molar-refractivity contribution in [3.05, 3.63) is 70.8 Å². The highest BCUT2D eigenvalue weighted by molar-refractivity contribution is 5.40. The Morgan fingerprint density at radius 2 is 1.52 bits per heavy atom. The lowest BCUT2D eigenvalue weighted by molar-refractivity contribution is 0.323. The summed E-state index contributed by atoms with van der Waals surface area (Å²) < 4.78 is 0. The molecule has 3 rings (SSSR count). The molecule has 1 aliphatic rings. The van der Waals surface area contributed by atoms with Gasteiger partial charge in [-0.1, -0.05) is 48.5 Å². The molecule has 0 spiro atoms. The van der Waals surface area contributed by atoms with Gasteiger partial charge in [-0.25, -0.2) is 0 Å². The highest BCUT2D eigenvalue weighted by Crippen LogP contribution is 2.44. The summed E-state index contributed by atoms with van der Waals surface area (Å²) in [4.78, 5) is 0. The lowest BCUT2D eigenvalue weighted by atomic mass is 9.64. The van der Waals surface area contributed by atoms with Gasteiger partial charge in [0.05, 0.1) is 24.0 Å². The first-order valence-corrected chi connectivity index (χ1v) is 8.02. The molecule has 0 amide bonds. The first-order valence-electron chi connectivity index (χ1n) is 8.02. The first kappa shape index (κ1) is 16.8. The van der Waals surface area contributed by atoms with Gasteiger partial charge in [-0.2, -0.15) is 10.5 Å². The quantitative estimate of drug-likeness (QED) is 0.783. The molecule has 116 valence electrons. The lowest BCUT2D eigenvalue weighted by Crippen LogP contribution is -2.32. The molecular formula is C21H22N2. The van der Waals surface area contributed by atoms with Gasteiger partial charge in [0.25, 0.3) is 0 Å². The Balaban J connectivity index is 0.000000174. The fourth-order valence-electron chi connectivity index (χ4n) is 2.98. The Morgan fingerprint density at radius 3 is 2.00 bits per heavy atom. The monoisotopic (exact) mass is 302 g/mol. The van der Waals surface area contributed by atoms with Crippen LogP contribution < -0.4 is 0 Å². The van der Waals surface area contributed by atoms with Gasteiger partial charge in [0.2, 0.25) is 0 Å². The minimum atomic E-state index is -0.147. The summed E-state index contributed by atoms with van der Waals surface area (Å²) >= 11 is 0. The van der Waals surface area contributed by atoms with E-state index in [0.29, 0.717) is 6.42 Å². The van der Waals surface area contributed by atoms with E-state index >= 15 is 0 Å². The molecule has 2 aromatic rings. The molecule has 0 saturated heterocycles. The summed E-state index contributed by atoms with van der Waals surface area (Å²) in [6.45, 7) is 4.11. The Kier molecular flexibility index (Phi) is 5.56. The summed E-state index contributed by atoms with van der Waals surface area (Å²) in [6, 6.07) is 20.8. The number of nitriles is 2. The van der Waals surface area contributed by atoms with E-state index in [-0.39, 0.29) is 5.41 Å². The van der Waals surface area contributed by atoms with Crippen LogP contribution in [0.3, 0.4) is 0 Å². The molecule has 2 aromatic carbocycles. The zero-order valence-electron chi connectivity index (χ0n) is 13.8. The molecule has 2 heteroatoms. The Labute approximate surface area is 139 Å². The number of rotatable bonds is 2. The van der Waals surface area contributed by atoms with E-state index in [2.05, 4.69) is 31.2 Å². The SMILES string of the molecule is Cc1ccccc1C1(C#N)CCC1.Cc1ccccc1CC#N. The third-order valence-corrected chi connectivity index (χ3v) is 4.61. The standard InChI is InChI=1S/C12H13N.C9H9N/c1-10-5-2-3-6-11(10)12(9-13)7-4-8-12;1-8-4-2-3-5-9(8)6-7-10/h2-3,5-6H,4,7-8H2,1H3;2-5H,6H2,1H3. The van der Waals surface area contributed by atoms with Crippen molar-refractivity contribution in [3.8, 4) is 12.1 Å². The highest BCUT2D eigenvalue weighted by atomic mass is 14.4. The predicted molar refractivity (Wildman–Crippen MR) is 92.8 cm³/mol. The normalized spacial score (nSPS) is 14.4. The summed E-state index contributed by atoms with van der Waals surface area (Å²) in [6.07, 6.45) is 3.79. The van der Waals surface area contributed by atoms with Crippen LogP contribution >= 0.6 is 0 Å². The van der Waals surface area contributed by atoms with E-state index in [9.17, 15) is 0 Å². The Hall–Kier alpha value is -2.58. The van der Waals surface area contributed by atoms with Crippen molar-refractivity contribution < 1.29 is 0 Å². The molecule has 0 aliphatic heterocycles. The maximum absolute atomic E-state index is 9.16. The third kappa shape index (κ3) is 3.79. The summed E-state index contributed by atoms with van der Waals surface area (Å²) in [7, 11) is 0. The van der Waals surface area contributed by atoms with Crippen molar-refractivity contribution in [1.29, 1.82) is 10.5 Å². The van der Waals surface area contributed by atoms with Gasteiger partial charge in [0.1, 0.15) is 0 Å². The van der Waals surface area contributed by atoms with Crippen molar-refractivity contribution in [2.24, 2.45) is 0 Å². The molecule has 0 N–H and O–H groups in total. The van der Waals surface area contributed by atoms with Crippen molar-refractivity contribution >= 4 is 0 Å². The van der Waals surface area contributed by atoms with Crippen LogP contribution in [0.5, 0.6) is 0 Å². The van der Waals surface area contributed by atoms with Gasteiger partial charge in [0.15, 0.2) is 0 Å². The van der Waals surface area contributed by atoms with Gasteiger partial charge in [-0.05, 0) is 55.4 Å². The largest absolute Gasteiger partial charge is 0.198 e. The second-order valence-electron chi connectivity index (χ2n) is 6.12. The second kappa shape index (κ2) is 7.61. The molecule has 0 unspecified atom stereocenters. The van der Waals surface area contributed by atoms with E-state index in [4.69, 9.17) is 10.5 Å². The van der Waals surface area contributed by atoms with Gasteiger partial charge in [0, 0.05) is 0 Å². The maximum atomic E-state index is 9.16. The van der Waals surface area contributed by atoms with Crippen LogP contribution in [0.1, 0.15) is 41.5 Å². The molecule has 0 heterocycles. The summed E-state index contributed by atoms with van der Waals surface area (Å²) in [5, 5.41) is 17.6. The molecule has 1 saturated carbocycles. The molecule has 0 radical (unpaired) electrons. The lowest BCUT2D eigenvalue weighted by Gasteiger charge is -2.36. The minimum absolute atomic E-state index is 0.147. The van der Waals surface area contributed by atoms with Crippen LogP contribution in [-0.2, 0) is 11.8 Å². The topological polar surface area (TPSA) is 47.6 Å². The van der Waals surface area contributed by atoms with Crippen LogP contribution in [0, 0.1) is 36.5 Å². The number of benzene rings is 2. The zero-order chi connectivity index (χ0) is 16.7. The first-order chi connectivity index (χ1) is 11.1. The number of aryl methyl sites for hydroxylation is 2. The van der Waals surface area contributed by atoms with Gasteiger partial charge in [-0.15, -0.1) is 0 Å². The predicted octanol–water partition coefficient (Wildman–Crippen LogP) is 5.00. The highest BCUT2D eigenvalue weighted by Gasteiger charge is 2.39. The number of hydrogen-bond donors (Lipinski definition) is 0. The molecular weight excluding hydrogens is 280 g/mol. The smallest absolute Gasteiger partial charge is 0.0825 e. The van der Waals surface area contributed by atoms with Crippen LogP contribution in [0.2, 0.25) is 0 Å². The molecule has 2 nitrogen and oxygen atoms in total. The van der Waals surface area contributed by atoms with E-state index in [1.165, 1.54) is 23.1 Å². The van der Waals surface area contributed by atoms with Crippen molar-refractivity contribution in [2.75, 3.05) is 0 Å². The fraction of sp³-hybridized carbons (Fsp3) is 0.333. The molecule has 0 bridgehead atoms. The van der Waals surface area contributed by atoms with Crippen LogP contribution in [-0.4, -0.2) is 0 Å². The molecule has 1 fully saturated rings. The molecule has 0 aromatic heterocycles. The van der Waals surface area contributed by atoms with Crippen molar-refractivity contribution in [3.63, 3.8) is 0 Å². The number of hydrogen-bond acceptors (Lipinski definition) is 2. The average molecular weight is 302 g/mol. The third-order valence-electron chi connectivity index (χ3n) is 4.61. The van der Waals surface area contributed by atoms with Crippen LogP contribution in [0.4, 0.5) is 0 Å². The maximum Gasteiger partial charge on any atom is 0.0825 e. The molecule has 0 atom stereocenters. The van der Waals surface area contributed by atoms with Crippen molar-refractivity contribution in [1.82, 2.24) is 0 Å². The van der Waals surface area contributed by atoms with Gasteiger partial charge in [-0.3, -0.25) is 0 Å². The van der Waals surface area contributed by atoms with Crippen LogP contribution in [0.25, 0.3) is 0 Å². The Morgan fingerprint density at radius 1 is 0.913 bits per heavy atom. The molecule has 23 heavy (non-hydrogen) atoms. The van der Waals surface area contributed by atoms with E-state index in [1.54, 1.807) is 0 Å². The van der Waals surface area contributed by atoms with E-state index in [0.717, 1.165) is 18.4 Å². The minimum Gasteiger partial charge on any atom is -0.198 e. The Bertz CT molecular complexity index is 743. The van der Waals surface area contributed by atoms with E-state index in [1.807, 2.05) is 43.3 Å². The van der Waals surface area contributed by atoms with Crippen molar-refractivity contribution in [2.45, 2.75) is 44.9 Å². The average Bonchev–Trinajstić information content (AvgIpc) is 2.52. The summed E-state index contributed by atoms with van der Waals surface area (Å²) in [5.74, 6) is 0. The number of nitrogens with zero attached hydrogens (tertiary/aromatic N) is 2. The zero-order valence-corrected chi connectivity index (χ0v) is 13.8. The van der Waals surface area contributed by atoms with E-state index < -0.39 is 0 Å². The van der Waals surface area contributed by atoms with Crippen LogP contribution in [0.15, 0.2) is 48.5 Å². The fourth-order valence-corrected chi connectivity index (χ4v) is 2.98.